The van der Waals surface area contributed by atoms with E-state index in [2.05, 4.69) is 5.32 Å². The molecule has 120 valence electrons. The van der Waals surface area contributed by atoms with E-state index in [-0.39, 0.29) is 17.1 Å². The Morgan fingerprint density at radius 2 is 1.91 bits per heavy atom. The van der Waals surface area contributed by atoms with Crippen LogP contribution in [-0.4, -0.2) is 20.9 Å². The fourth-order valence-corrected chi connectivity index (χ4v) is 4.28. The number of benzene rings is 2. The second-order valence-corrected chi connectivity index (χ2v) is 7.33. The molecule has 0 bridgehead atoms. The molecule has 1 amide bonds. The molecule has 0 spiro atoms. The summed E-state index contributed by atoms with van der Waals surface area (Å²) in [6, 6.07) is 10.5. The molecule has 1 aliphatic heterocycles. The maximum atomic E-state index is 13.9. The number of carbonyl (C=O) groups excluding carboxylic acids is 1. The van der Waals surface area contributed by atoms with Crippen LogP contribution in [0.15, 0.2) is 42.5 Å². The highest BCUT2D eigenvalue weighted by Crippen LogP contribution is 2.33. The molecule has 0 atom stereocenters. The van der Waals surface area contributed by atoms with Crippen LogP contribution in [0.5, 0.6) is 0 Å². The number of nitrogens with zero attached hydrogens (tertiary/aromatic N) is 1. The summed E-state index contributed by atoms with van der Waals surface area (Å²) in [5.41, 5.74) is 0.629. The molecule has 1 aliphatic rings. The smallest absolute Gasteiger partial charge is 0.245 e. The Morgan fingerprint density at radius 3 is 2.65 bits per heavy atom. The Balaban J connectivity index is 2.02. The minimum atomic E-state index is -3.98. The molecule has 0 aliphatic carbocycles. The number of sulfonamides is 1. The van der Waals surface area contributed by atoms with Crippen LogP contribution in [0.2, 0.25) is 5.02 Å². The summed E-state index contributed by atoms with van der Waals surface area (Å²) in [5, 5.41) is 2.63. The summed E-state index contributed by atoms with van der Waals surface area (Å²) in [4.78, 5) is 11.8. The molecule has 0 saturated heterocycles. The van der Waals surface area contributed by atoms with Crippen molar-refractivity contribution in [2.24, 2.45) is 0 Å². The van der Waals surface area contributed by atoms with Crippen molar-refractivity contribution >= 4 is 38.9 Å². The molecule has 0 radical (unpaired) electrons. The van der Waals surface area contributed by atoms with Crippen LogP contribution in [-0.2, 0) is 20.6 Å². The monoisotopic (exact) mass is 354 g/mol. The van der Waals surface area contributed by atoms with Gasteiger partial charge in [0.1, 0.15) is 12.4 Å². The highest BCUT2D eigenvalue weighted by Gasteiger charge is 2.32. The molecular weight excluding hydrogens is 343 g/mol. The van der Waals surface area contributed by atoms with Crippen LogP contribution in [0.4, 0.5) is 15.8 Å². The molecule has 8 heteroatoms. The first-order valence-electron chi connectivity index (χ1n) is 6.70. The van der Waals surface area contributed by atoms with Crippen LogP contribution < -0.4 is 9.62 Å². The molecule has 1 heterocycles. The quantitative estimate of drug-likeness (QED) is 0.921. The lowest BCUT2D eigenvalue weighted by atomic mass is 10.2. The minimum absolute atomic E-state index is 0.0309. The molecule has 5 nitrogen and oxygen atoms in total. The number of fused-ring (bicyclic) bond motifs is 1. The molecular formula is C15H12ClFN2O3S. The van der Waals surface area contributed by atoms with Gasteiger partial charge in [-0.1, -0.05) is 29.8 Å². The number of carbonyl (C=O) groups is 1. The van der Waals surface area contributed by atoms with Gasteiger partial charge in [-0.05, 0) is 24.3 Å². The van der Waals surface area contributed by atoms with Gasteiger partial charge in [0.2, 0.25) is 15.9 Å². The molecule has 0 saturated carbocycles. The van der Waals surface area contributed by atoms with E-state index >= 15 is 0 Å². The van der Waals surface area contributed by atoms with Crippen LogP contribution >= 0.6 is 11.6 Å². The van der Waals surface area contributed by atoms with Crippen LogP contribution in [0.3, 0.4) is 0 Å². The summed E-state index contributed by atoms with van der Waals surface area (Å²) >= 11 is 5.90. The van der Waals surface area contributed by atoms with Crippen molar-refractivity contribution in [1.82, 2.24) is 0 Å². The molecule has 0 unspecified atom stereocenters. The highest BCUT2D eigenvalue weighted by molar-refractivity contribution is 7.92. The number of hydrogen-bond donors (Lipinski definition) is 1. The highest BCUT2D eigenvalue weighted by atomic mass is 35.5. The van der Waals surface area contributed by atoms with Crippen molar-refractivity contribution in [1.29, 1.82) is 0 Å². The molecule has 23 heavy (non-hydrogen) atoms. The topological polar surface area (TPSA) is 66.5 Å². The Morgan fingerprint density at radius 1 is 1.17 bits per heavy atom. The maximum absolute atomic E-state index is 13.9. The third-order valence-corrected chi connectivity index (χ3v) is 5.46. The van der Waals surface area contributed by atoms with Crippen LogP contribution in [0.25, 0.3) is 0 Å². The van der Waals surface area contributed by atoms with Gasteiger partial charge in [-0.25, -0.2) is 12.8 Å². The van der Waals surface area contributed by atoms with E-state index in [0.29, 0.717) is 11.4 Å². The number of hydrogen-bond acceptors (Lipinski definition) is 3. The number of rotatable bonds is 3. The van der Waals surface area contributed by atoms with Crippen LogP contribution in [0.1, 0.15) is 5.56 Å². The van der Waals surface area contributed by atoms with Gasteiger partial charge in [0, 0.05) is 10.6 Å². The fourth-order valence-electron chi connectivity index (χ4n) is 2.38. The molecule has 2 aromatic rings. The first-order valence-corrected chi connectivity index (χ1v) is 8.69. The Labute approximate surface area is 137 Å². The predicted octanol–water partition coefficient (Wildman–Crippen LogP) is 2.77. The van der Waals surface area contributed by atoms with Gasteiger partial charge in [0.25, 0.3) is 0 Å². The van der Waals surface area contributed by atoms with Crippen molar-refractivity contribution in [3.8, 4) is 0 Å². The number of halogens is 2. The molecule has 0 aromatic heterocycles. The van der Waals surface area contributed by atoms with Crippen LogP contribution in [0, 0.1) is 5.82 Å². The van der Waals surface area contributed by atoms with Gasteiger partial charge in [0.15, 0.2) is 0 Å². The third-order valence-electron chi connectivity index (χ3n) is 3.46. The van der Waals surface area contributed by atoms with E-state index < -0.39 is 27.5 Å². The van der Waals surface area contributed by atoms with Gasteiger partial charge >= 0.3 is 0 Å². The summed E-state index contributed by atoms with van der Waals surface area (Å²) in [6.45, 7) is -0.356. The Bertz CT molecular complexity index is 866. The second-order valence-electron chi connectivity index (χ2n) is 5.03. The zero-order chi connectivity index (χ0) is 16.6. The van der Waals surface area contributed by atoms with Gasteiger partial charge in [-0.2, -0.15) is 0 Å². The van der Waals surface area contributed by atoms with Crippen molar-refractivity contribution in [2.45, 2.75) is 5.75 Å². The first kappa shape index (κ1) is 15.8. The summed E-state index contributed by atoms with van der Waals surface area (Å²) in [6.07, 6.45) is 0. The third kappa shape index (κ3) is 3.02. The lowest BCUT2D eigenvalue weighted by Crippen LogP contribution is -2.42. The van der Waals surface area contributed by atoms with E-state index in [0.717, 1.165) is 10.4 Å². The normalized spacial score (nSPS) is 14.3. The predicted molar refractivity (Wildman–Crippen MR) is 86.5 cm³/mol. The van der Waals surface area contributed by atoms with E-state index in [1.807, 2.05) is 0 Å². The molecule has 3 rings (SSSR count). The minimum Gasteiger partial charge on any atom is -0.323 e. The summed E-state index contributed by atoms with van der Waals surface area (Å²) in [7, 11) is -3.98. The zero-order valence-electron chi connectivity index (χ0n) is 11.8. The van der Waals surface area contributed by atoms with E-state index in [9.17, 15) is 17.6 Å². The lowest BCUT2D eigenvalue weighted by molar-refractivity contribution is -0.115. The second kappa shape index (κ2) is 5.82. The van der Waals surface area contributed by atoms with E-state index in [1.54, 1.807) is 24.3 Å². The van der Waals surface area contributed by atoms with Gasteiger partial charge in [-0.15, -0.1) is 0 Å². The standard InChI is InChI=1S/C15H12ClFN2O3S/c16-11-4-3-5-12(17)10(11)9-23(21,22)19-8-15(20)18-13-6-1-2-7-14(13)19/h1-7H,8-9H2,(H,18,20). The Kier molecular flexibility index (Phi) is 3.99. The molecule has 0 fully saturated rings. The number of nitrogens with one attached hydrogen (secondary N) is 1. The number of para-hydroxylation sites is 2. The number of amides is 1. The van der Waals surface area contributed by atoms with Gasteiger partial charge in [-0.3, -0.25) is 9.10 Å². The first-order chi connectivity index (χ1) is 10.9. The van der Waals surface area contributed by atoms with Crippen molar-refractivity contribution in [3.63, 3.8) is 0 Å². The largest absolute Gasteiger partial charge is 0.323 e. The van der Waals surface area contributed by atoms with E-state index in [1.165, 1.54) is 12.1 Å². The molecule has 2 aromatic carbocycles. The Hall–Kier alpha value is -2.12. The van der Waals surface area contributed by atoms with Gasteiger partial charge in [0.05, 0.1) is 17.1 Å². The summed E-state index contributed by atoms with van der Waals surface area (Å²) in [5.74, 6) is -1.78. The summed E-state index contributed by atoms with van der Waals surface area (Å²) < 4.78 is 40.2. The average molecular weight is 355 g/mol. The van der Waals surface area contributed by atoms with Crippen molar-refractivity contribution in [3.05, 3.63) is 58.9 Å². The molecule has 1 N–H and O–H groups in total. The SMILES string of the molecule is O=C1CN(S(=O)(=O)Cc2c(F)cccc2Cl)c2ccccc2N1. The zero-order valence-corrected chi connectivity index (χ0v) is 13.4. The fraction of sp³-hybridized carbons (Fsp3) is 0.133. The van der Waals surface area contributed by atoms with Crippen molar-refractivity contribution < 1.29 is 17.6 Å². The maximum Gasteiger partial charge on any atom is 0.245 e. The van der Waals surface area contributed by atoms with E-state index in [4.69, 9.17) is 11.6 Å². The van der Waals surface area contributed by atoms with Gasteiger partial charge < -0.3 is 5.32 Å². The lowest BCUT2D eigenvalue weighted by Gasteiger charge is -2.30. The average Bonchev–Trinajstić information content (AvgIpc) is 2.50. The van der Waals surface area contributed by atoms with Crippen molar-refractivity contribution in [2.75, 3.05) is 16.2 Å². The number of anilines is 2.